The summed E-state index contributed by atoms with van der Waals surface area (Å²) in [4.78, 5) is 12.8. The van der Waals surface area contributed by atoms with Crippen LogP contribution in [0.5, 0.6) is 0 Å². The Morgan fingerprint density at radius 1 is 1.80 bits per heavy atom. The van der Waals surface area contributed by atoms with E-state index >= 15 is 0 Å². The zero-order valence-electron chi connectivity index (χ0n) is 7.83. The van der Waals surface area contributed by atoms with E-state index in [4.69, 9.17) is 4.55 Å². The fraction of sp³-hybridized carbons (Fsp3) is 0.833. The van der Waals surface area contributed by atoms with Crippen LogP contribution in [0.15, 0.2) is 0 Å². The number of carbonyl (C=O) groups excluding carboxylic acids is 1. The average molecular weight is 272 g/mol. The lowest BCUT2D eigenvalue weighted by Crippen LogP contribution is -2.41. The Balaban J connectivity index is 2.52. The van der Waals surface area contributed by atoms with Crippen molar-refractivity contribution in [3.8, 4) is 0 Å². The largest absolute Gasteiger partial charge is 0.435 e. The first kappa shape index (κ1) is 13.2. The van der Waals surface area contributed by atoms with Gasteiger partial charge in [-0.2, -0.15) is 12.6 Å². The second kappa shape index (κ2) is 6.00. The van der Waals surface area contributed by atoms with Gasteiger partial charge in [-0.3, -0.25) is 4.55 Å². The van der Waals surface area contributed by atoms with Crippen LogP contribution < -0.4 is 4.72 Å². The highest BCUT2D eigenvalue weighted by Gasteiger charge is 2.34. The molecule has 4 atom stereocenters. The van der Waals surface area contributed by atoms with Gasteiger partial charge in [0.15, 0.2) is 0 Å². The highest BCUT2D eigenvalue weighted by molar-refractivity contribution is 7.81. The number of nitrogens with one attached hydrogen (secondary N) is 1. The first-order valence-corrected chi connectivity index (χ1v) is 6.33. The molecule has 0 saturated carbocycles. The average Bonchev–Trinajstić information content (AvgIpc) is 2.55. The molecule has 0 aromatic rings. The SMILES string of the molecule is O=C(OP)N1C[C@@H](S)C[C@H]1CNS(=O)O. The van der Waals surface area contributed by atoms with Crippen LogP contribution in [0.4, 0.5) is 4.79 Å². The lowest BCUT2D eigenvalue weighted by molar-refractivity contribution is 0.155. The molecule has 0 aromatic heterocycles. The summed E-state index contributed by atoms with van der Waals surface area (Å²) in [5, 5.41) is 0.0769. The van der Waals surface area contributed by atoms with Crippen molar-refractivity contribution in [2.45, 2.75) is 17.7 Å². The number of amides is 1. The van der Waals surface area contributed by atoms with Gasteiger partial charge in [-0.05, 0) is 6.42 Å². The quantitative estimate of drug-likeness (QED) is 0.384. The van der Waals surface area contributed by atoms with Crippen molar-refractivity contribution >= 4 is 39.5 Å². The van der Waals surface area contributed by atoms with Crippen molar-refractivity contribution in [3.63, 3.8) is 0 Å². The third-order valence-electron chi connectivity index (χ3n) is 2.17. The number of rotatable bonds is 3. The van der Waals surface area contributed by atoms with Gasteiger partial charge >= 0.3 is 6.09 Å². The van der Waals surface area contributed by atoms with Gasteiger partial charge in [-0.1, -0.05) is 0 Å². The molecule has 1 saturated heterocycles. The maximum Gasteiger partial charge on any atom is 0.412 e. The predicted molar refractivity (Wildman–Crippen MR) is 62.8 cm³/mol. The molecule has 1 fully saturated rings. The van der Waals surface area contributed by atoms with Crippen molar-refractivity contribution in [1.82, 2.24) is 9.62 Å². The molecule has 15 heavy (non-hydrogen) atoms. The van der Waals surface area contributed by atoms with Gasteiger partial charge in [0.25, 0.3) is 0 Å². The summed E-state index contributed by atoms with van der Waals surface area (Å²) in [5.74, 6) is 0. The molecule has 0 spiro atoms. The number of thiol groups is 1. The molecule has 2 unspecified atom stereocenters. The molecule has 6 nitrogen and oxygen atoms in total. The highest BCUT2D eigenvalue weighted by Crippen LogP contribution is 2.22. The molecular weight excluding hydrogens is 259 g/mol. The lowest BCUT2D eigenvalue weighted by atomic mass is 10.2. The Bertz CT molecular complexity index is 268. The molecule has 0 aromatic carbocycles. The van der Waals surface area contributed by atoms with Gasteiger partial charge < -0.3 is 9.42 Å². The van der Waals surface area contributed by atoms with Gasteiger partial charge in [0.1, 0.15) is 0 Å². The molecule has 0 aliphatic carbocycles. The fourth-order valence-electron chi connectivity index (χ4n) is 1.54. The van der Waals surface area contributed by atoms with Crippen LogP contribution in [0.2, 0.25) is 0 Å². The second-order valence-electron chi connectivity index (χ2n) is 3.18. The van der Waals surface area contributed by atoms with Crippen LogP contribution in [0.1, 0.15) is 6.42 Å². The number of nitrogens with zero attached hydrogens (tertiary/aromatic N) is 1. The Hall–Kier alpha value is 0.120. The molecule has 88 valence electrons. The maximum absolute atomic E-state index is 11.3. The van der Waals surface area contributed by atoms with E-state index in [1.165, 1.54) is 4.90 Å². The molecule has 9 heteroatoms. The van der Waals surface area contributed by atoms with Crippen LogP contribution in [-0.4, -0.2) is 44.1 Å². The third kappa shape index (κ3) is 3.88. The number of likely N-dealkylation sites (tertiary alicyclic amines) is 1. The van der Waals surface area contributed by atoms with Crippen molar-refractivity contribution in [3.05, 3.63) is 0 Å². The van der Waals surface area contributed by atoms with E-state index in [9.17, 15) is 9.00 Å². The summed E-state index contributed by atoms with van der Waals surface area (Å²) in [6.45, 7) is 0.737. The highest BCUT2D eigenvalue weighted by atomic mass is 32.2. The Labute approximate surface area is 98.2 Å². The van der Waals surface area contributed by atoms with Crippen LogP contribution in [0, 0.1) is 0 Å². The molecule has 1 aliphatic heterocycles. The summed E-state index contributed by atoms with van der Waals surface area (Å²) < 4.78 is 25.9. The normalized spacial score (nSPS) is 27.8. The van der Waals surface area contributed by atoms with Crippen LogP contribution in [-0.2, 0) is 15.8 Å². The Morgan fingerprint density at radius 2 is 2.47 bits per heavy atom. The van der Waals surface area contributed by atoms with Crippen LogP contribution >= 0.6 is 22.1 Å². The standard InChI is InChI=1S/C6H13N2O4PS2/c9-6(12-13)8-3-5(14)1-4(8)2-7-15(10)11/h4-5,7,14H,1-3,13H2,(H,10,11)/t4-,5-/m0/s1. The first-order chi connectivity index (χ1) is 7.04. The molecule has 1 aliphatic rings. The summed E-state index contributed by atoms with van der Waals surface area (Å²) in [6.07, 6.45) is 0.208. The number of hydrogen-bond acceptors (Lipinski definition) is 4. The van der Waals surface area contributed by atoms with E-state index in [-0.39, 0.29) is 17.8 Å². The number of carbonyl (C=O) groups is 1. The molecular formula is C6H13N2O4PS2. The first-order valence-electron chi connectivity index (χ1n) is 4.24. The third-order valence-corrected chi connectivity index (χ3v) is 3.16. The molecule has 0 radical (unpaired) electrons. The summed E-state index contributed by atoms with van der Waals surface area (Å²) in [5.41, 5.74) is 0. The lowest BCUT2D eigenvalue weighted by Gasteiger charge is -2.22. The van der Waals surface area contributed by atoms with Crippen molar-refractivity contribution in [2.24, 2.45) is 0 Å². The monoisotopic (exact) mass is 272 g/mol. The minimum Gasteiger partial charge on any atom is -0.435 e. The number of hydrogen-bond donors (Lipinski definition) is 3. The molecule has 2 N–H and O–H groups in total. The molecule has 0 bridgehead atoms. The molecule has 1 amide bonds. The van der Waals surface area contributed by atoms with Crippen LogP contribution in [0.25, 0.3) is 0 Å². The van der Waals surface area contributed by atoms with Crippen molar-refractivity contribution < 1.29 is 18.1 Å². The minimum absolute atomic E-state index is 0.0769. The molecule has 1 heterocycles. The fourth-order valence-corrected chi connectivity index (χ4v) is 2.43. The van der Waals surface area contributed by atoms with E-state index in [1.54, 1.807) is 0 Å². The van der Waals surface area contributed by atoms with E-state index in [2.05, 4.69) is 21.9 Å². The zero-order valence-corrected chi connectivity index (χ0v) is 10.7. The van der Waals surface area contributed by atoms with E-state index < -0.39 is 17.4 Å². The minimum atomic E-state index is -2.06. The van der Waals surface area contributed by atoms with E-state index in [0.717, 1.165) is 0 Å². The summed E-state index contributed by atoms with van der Waals surface area (Å²) in [7, 11) is 1.89. The predicted octanol–water partition coefficient (Wildman–Crippen LogP) is 0.0121. The van der Waals surface area contributed by atoms with Gasteiger partial charge in [0.2, 0.25) is 11.3 Å². The van der Waals surface area contributed by atoms with Gasteiger partial charge in [0.05, 0.1) is 9.47 Å². The van der Waals surface area contributed by atoms with E-state index in [0.29, 0.717) is 13.0 Å². The topological polar surface area (TPSA) is 78.9 Å². The molecule has 1 rings (SSSR count). The summed E-state index contributed by atoms with van der Waals surface area (Å²) in [6, 6.07) is -0.156. The van der Waals surface area contributed by atoms with Gasteiger partial charge in [-0.15, -0.1) is 0 Å². The maximum atomic E-state index is 11.3. The van der Waals surface area contributed by atoms with Crippen molar-refractivity contribution in [2.75, 3.05) is 13.1 Å². The van der Waals surface area contributed by atoms with E-state index in [1.807, 2.05) is 9.47 Å². The Morgan fingerprint density at radius 3 is 3.00 bits per heavy atom. The smallest absolute Gasteiger partial charge is 0.412 e. The van der Waals surface area contributed by atoms with Crippen molar-refractivity contribution in [1.29, 1.82) is 0 Å². The Kier molecular flexibility index (Phi) is 5.28. The second-order valence-corrected chi connectivity index (χ2v) is 4.93. The van der Waals surface area contributed by atoms with Gasteiger partial charge in [0, 0.05) is 24.4 Å². The van der Waals surface area contributed by atoms with Crippen LogP contribution in [0.3, 0.4) is 0 Å². The van der Waals surface area contributed by atoms with Gasteiger partial charge in [-0.25, -0.2) is 13.7 Å². The summed E-state index contributed by atoms with van der Waals surface area (Å²) >= 11 is 2.20. The zero-order chi connectivity index (χ0) is 11.4.